The van der Waals surface area contributed by atoms with Gasteiger partial charge in [0, 0.05) is 0 Å². The van der Waals surface area contributed by atoms with Crippen molar-refractivity contribution in [2.75, 3.05) is 7.11 Å². The number of esters is 1. The van der Waals surface area contributed by atoms with Crippen LogP contribution in [-0.2, 0) is 19.4 Å². The normalized spacial score (nSPS) is 16.4. The standard InChI is InChI=1S/C9H18O4S/c1-6(2)14(11,12)8(4)7(3)9(10)13-5/h6-8H,1-5H3. The molecule has 2 atom stereocenters. The first-order valence-corrected chi connectivity index (χ1v) is 6.16. The number of carbonyl (C=O) groups excluding carboxylic acids is 1. The van der Waals surface area contributed by atoms with Gasteiger partial charge in [0.1, 0.15) is 0 Å². The van der Waals surface area contributed by atoms with Crippen LogP contribution in [0.4, 0.5) is 0 Å². The van der Waals surface area contributed by atoms with Gasteiger partial charge in [-0.15, -0.1) is 0 Å². The van der Waals surface area contributed by atoms with Crippen LogP contribution in [0.25, 0.3) is 0 Å². The minimum Gasteiger partial charge on any atom is -0.469 e. The molecule has 4 nitrogen and oxygen atoms in total. The molecule has 0 amide bonds. The summed E-state index contributed by atoms with van der Waals surface area (Å²) in [7, 11) is -1.97. The molecule has 0 aromatic rings. The molecule has 0 aliphatic rings. The number of carbonyl (C=O) groups is 1. The Morgan fingerprint density at radius 1 is 1.14 bits per heavy atom. The Hall–Kier alpha value is -0.580. The van der Waals surface area contributed by atoms with Crippen LogP contribution in [0.5, 0.6) is 0 Å². The fourth-order valence-electron chi connectivity index (χ4n) is 1.09. The third-order valence-electron chi connectivity index (χ3n) is 2.45. The summed E-state index contributed by atoms with van der Waals surface area (Å²) in [6, 6.07) is 0. The smallest absolute Gasteiger partial charge is 0.309 e. The predicted octanol–water partition coefficient (Wildman–Crippen LogP) is 1.01. The molecule has 0 bridgehead atoms. The van der Waals surface area contributed by atoms with Gasteiger partial charge in [0.2, 0.25) is 0 Å². The van der Waals surface area contributed by atoms with Crippen molar-refractivity contribution >= 4 is 15.8 Å². The van der Waals surface area contributed by atoms with Crippen LogP contribution in [0.1, 0.15) is 27.7 Å². The number of ether oxygens (including phenoxy) is 1. The first-order valence-electron chi connectivity index (χ1n) is 4.55. The summed E-state index contributed by atoms with van der Waals surface area (Å²) in [5.41, 5.74) is 0. The summed E-state index contributed by atoms with van der Waals surface area (Å²) < 4.78 is 27.9. The molecule has 0 aliphatic carbocycles. The van der Waals surface area contributed by atoms with Gasteiger partial charge in [-0.25, -0.2) is 8.42 Å². The Kier molecular flexibility index (Phi) is 4.58. The lowest BCUT2D eigenvalue weighted by molar-refractivity contribution is -0.144. The summed E-state index contributed by atoms with van der Waals surface area (Å²) >= 11 is 0. The van der Waals surface area contributed by atoms with Crippen molar-refractivity contribution in [2.24, 2.45) is 5.92 Å². The van der Waals surface area contributed by atoms with Crippen molar-refractivity contribution in [3.05, 3.63) is 0 Å². The largest absolute Gasteiger partial charge is 0.469 e. The highest BCUT2D eigenvalue weighted by Gasteiger charge is 2.33. The molecule has 0 saturated heterocycles. The van der Waals surface area contributed by atoms with Crippen LogP contribution in [0, 0.1) is 5.92 Å². The van der Waals surface area contributed by atoms with E-state index in [2.05, 4.69) is 4.74 Å². The van der Waals surface area contributed by atoms with E-state index < -0.39 is 32.2 Å². The maximum absolute atomic E-state index is 11.7. The summed E-state index contributed by atoms with van der Waals surface area (Å²) in [5, 5.41) is -1.17. The van der Waals surface area contributed by atoms with Crippen LogP contribution in [0.15, 0.2) is 0 Å². The number of hydrogen-bond donors (Lipinski definition) is 0. The topological polar surface area (TPSA) is 60.4 Å². The molecule has 0 rings (SSSR count). The molecular weight excluding hydrogens is 204 g/mol. The molecule has 0 heterocycles. The van der Waals surface area contributed by atoms with Gasteiger partial charge in [0.05, 0.1) is 23.5 Å². The van der Waals surface area contributed by atoms with Gasteiger partial charge in [0.15, 0.2) is 9.84 Å². The molecule has 0 N–H and O–H groups in total. The zero-order chi connectivity index (χ0) is 11.5. The van der Waals surface area contributed by atoms with Crippen molar-refractivity contribution in [1.82, 2.24) is 0 Å². The van der Waals surface area contributed by atoms with Crippen LogP contribution >= 0.6 is 0 Å². The van der Waals surface area contributed by atoms with Crippen molar-refractivity contribution in [3.8, 4) is 0 Å². The molecule has 84 valence electrons. The van der Waals surface area contributed by atoms with Gasteiger partial charge in [-0.1, -0.05) is 6.92 Å². The number of rotatable bonds is 4. The van der Waals surface area contributed by atoms with Crippen molar-refractivity contribution in [1.29, 1.82) is 0 Å². The average Bonchev–Trinajstić information content (AvgIpc) is 2.13. The molecule has 14 heavy (non-hydrogen) atoms. The first kappa shape index (κ1) is 13.4. The second kappa shape index (κ2) is 4.77. The zero-order valence-corrected chi connectivity index (χ0v) is 10.1. The maximum atomic E-state index is 11.7. The van der Waals surface area contributed by atoms with E-state index >= 15 is 0 Å². The zero-order valence-electron chi connectivity index (χ0n) is 9.27. The third kappa shape index (κ3) is 2.70. The van der Waals surface area contributed by atoms with E-state index in [0.717, 1.165) is 0 Å². The Morgan fingerprint density at radius 3 is 1.86 bits per heavy atom. The van der Waals surface area contributed by atoms with E-state index in [-0.39, 0.29) is 0 Å². The van der Waals surface area contributed by atoms with E-state index in [0.29, 0.717) is 0 Å². The van der Waals surface area contributed by atoms with E-state index in [1.54, 1.807) is 20.8 Å². The summed E-state index contributed by atoms with van der Waals surface area (Å²) in [6.45, 7) is 6.32. The molecule has 5 heteroatoms. The lowest BCUT2D eigenvalue weighted by Gasteiger charge is -2.20. The highest BCUT2D eigenvalue weighted by molar-refractivity contribution is 7.92. The molecule has 0 aromatic carbocycles. The predicted molar refractivity (Wildman–Crippen MR) is 54.7 cm³/mol. The highest BCUT2D eigenvalue weighted by Crippen LogP contribution is 2.18. The minimum atomic E-state index is -3.23. The minimum absolute atomic E-state index is 0.468. The van der Waals surface area contributed by atoms with Gasteiger partial charge in [-0.2, -0.15) is 0 Å². The number of hydrogen-bond acceptors (Lipinski definition) is 4. The van der Waals surface area contributed by atoms with Gasteiger partial charge < -0.3 is 4.74 Å². The average molecular weight is 222 g/mol. The number of sulfone groups is 1. The quantitative estimate of drug-likeness (QED) is 0.666. The Bertz CT molecular complexity index is 292. The van der Waals surface area contributed by atoms with Crippen LogP contribution in [0.3, 0.4) is 0 Å². The van der Waals surface area contributed by atoms with Gasteiger partial charge >= 0.3 is 5.97 Å². The molecule has 0 aliphatic heterocycles. The highest BCUT2D eigenvalue weighted by atomic mass is 32.2. The van der Waals surface area contributed by atoms with Gasteiger partial charge in [-0.05, 0) is 20.8 Å². The lowest BCUT2D eigenvalue weighted by atomic mass is 10.1. The number of methoxy groups -OCH3 is 1. The van der Waals surface area contributed by atoms with Gasteiger partial charge in [-0.3, -0.25) is 4.79 Å². The SMILES string of the molecule is COC(=O)C(C)C(C)S(=O)(=O)C(C)C. The molecule has 0 fully saturated rings. The van der Waals surface area contributed by atoms with Crippen molar-refractivity contribution in [2.45, 2.75) is 38.2 Å². The molecule has 0 aromatic heterocycles. The lowest BCUT2D eigenvalue weighted by Crippen LogP contribution is -2.35. The van der Waals surface area contributed by atoms with E-state index in [9.17, 15) is 13.2 Å². The summed E-state index contributed by atoms with van der Waals surface area (Å²) in [5.74, 6) is -1.10. The Labute approximate surface area is 85.6 Å². The first-order chi connectivity index (χ1) is 6.25. The van der Waals surface area contributed by atoms with E-state index in [4.69, 9.17) is 0 Å². The molecule has 0 radical (unpaired) electrons. The van der Waals surface area contributed by atoms with Crippen LogP contribution < -0.4 is 0 Å². The molecular formula is C9H18O4S. The molecule has 0 saturated carbocycles. The van der Waals surface area contributed by atoms with E-state index in [1.165, 1.54) is 14.0 Å². The third-order valence-corrected chi connectivity index (χ3v) is 5.21. The van der Waals surface area contributed by atoms with Crippen molar-refractivity contribution in [3.63, 3.8) is 0 Å². The van der Waals surface area contributed by atoms with Crippen molar-refractivity contribution < 1.29 is 17.9 Å². The van der Waals surface area contributed by atoms with Crippen LogP contribution in [0.2, 0.25) is 0 Å². The fraction of sp³-hybridized carbons (Fsp3) is 0.889. The molecule has 0 spiro atoms. The Morgan fingerprint density at radius 2 is 1.57 bits per heavy atom. The monoisotopic (exact) mass is 222 g/mol. The van der Waals surface area contributed by atoms with E-state index in [1.807, 2.05) is 0 Å². The second-order valence-corrected chi connectivity index (χ2v) is 6.52. The summed E-state index contributed by atoms with van der Waals surface area (Å²) in [6.07, 6.45) is 0. The Balaban J connectivity index is 4.79. The van der Waals surface area contributed by atoms with Crippen LogP contribution in [-0.4, -0.2) is 32.0 Å². The fourth-order valence-corrected chi connectivity index (χ4v) is 2.63. The maximum Gasteiger partial charge on any atom is 0.309 e. The second-order valence-electron chi connectivity index (χ2n) is 3.65. The summed E-state index contributed by atoms with van der Waals surface area (Å²) in [4.78, 5) is 11.1. The van der Waals surface area contributed by atoms with Gasteiger partial charge in [0.25, 0.3) is 0 Å². The molecule has 2 unspecified atom stereocenters.